The molecule has 0 radical (unpaired) electrons. The third kappa shape index (κ3) is 2.46. The largest absolute Gasteiger partial charge is 0.334 e. The Bertz CT molecular complexity index is 582. The van der Waals surface area contributed by atoms with Gasteiger partial charge < -0.3 is 10.3 Å². The predicted molar refractivity (Wildman–Crippen MR) is 79.8 cm³/mol. The second-order valence-corrected chi connectivity index (χ2v) is 6.52. The molecule has 1 aliphatic rings. The van der Waals surface area contributed by atoms with Gasteiger partial charge in [-0.25, -0.2) is 0 Å². The Balaban J connectivity index is 1.94. The molecule has 1 aromatic heterocycles. The number of hydrogen-bond acceptors (Lipinski definition) is 4. The van der Waals surface area contributed by atoms with Crippen molar-refractivity contribution in [3.05, 3.63) is 32.1 Å². The predicted octanol–water partition coefficient (Wildman–Crippen LogP) is 3.51. The lowest BCUT2D eigenvalue weighted by Gasteiger charge is -2.02. The zero-order chi connectivity index (χ0) is 12.7. The summed E-state index contributed by atoms with van der Waals surface area (Å²) >= 11 is 5.70. The van der Waals surface area contributed by atoms with Crippen molar-refractivity contribution in [1.29, 1.82) is 0 Å². The van der Waals surface area contributed by atoms with E-state index in [9.17, 15) is 0 Å². The van der Waals surface area contributed by atoms with Crippen molar-refractivity contribution >= 4 is 38.5 Å². The maximum atomic E-state index is 6.06. The fourth-order valence-electron chi connectivity index (χ4n) is 1.81. The van der Waals surface area contributed by atoms with E-state index in [-0.39, 0.29) is 6.04 Å². The molecule has 1 heterocycles. The van der Waals surface area contributed by atoms with Gasteiger partial charge in [-0.05, 0) is 59.5 Å². The zero-order valence-electron chi connectivity index (χ0n) is 9.44. The summed E-state index contributed by atoms with van der Waals surface area (Å²) in [6.07, 6.45) is 2.33. The molecule has 0 bridgehead atoms. The van der Waals surface area contributed by atoms with E-state index in [4.69, 9.17) is 10.3 Å². The van der Waals surface area contributed by atoms with E-state index in [1.165, 1.54) is 12.8 Å². The average molecular weight is 420 g/mol. The van der Waals surface area contributed by atoms with Crippen LogP contribution >= 0.6 is 38.5 Å². The van der Waals surface area contributed by atoms with Crippen LogP contribution in [0, 0.1) is 9.49 Å². The van der Waals surface area contributed by atoms with E-state index in [1.807, 2.05) is 18.2 Å². The number of rotatable bonds is 3. The molecule has 1 saturated carbocycles. The highest BCUT2D eigenvalue weighted by molar-refractivity contribution is 14.1. The summed E-state index contributed by atoms with van der Waals surface area (Å²) in [5.74, 6) is 1.67. The molecule has 4 nitrogen and oxygen atoms in total. The molecule has 18 heavy (non-hydrogen) atoms. The van der Waals surface area contributed by atoms with Gasteiger partial charge >= 0.3 is 0 Å². The summed E-state index contributed by atoms with van der Waals surface area (Å²) in [5.41, 5.74) is 7.00. The molecule has 2 aromatic rings. The van der Waals surface area contributed by atoms with Crippen LogP contribution in [0.4, 0.5) is 0 Å². The van der Waals surface area contributed by atoms with Crippen molar-refractivity contribution in [2.75, 3.05) is 0 Å². The second-order valence-electron chi connectivity index (χ2n) is 4.45. The number of halogens is 2. The molecule has 1 atom stereocenters. The average Bonchev–Trinajstić information content (AvgIpc) is 3.09. The van der Waals surface area contributed by atoms with Crippen LogP contribution < -0.4 is 5.73 Å². The quantitative estimate of drug-likeness (QED) is 0.773. The summed E-state index contributed by atoms with van der Waals surface area (Å²) in [7, 11) is 0. The molecule has 1 unspecified atom stereocenters. The van der Waals surface area contributed by atoms with Crippen molar-refractivity contribution < 1.29 is 4.52 Å². The number of aromatic nitrogens is 2. The van der Waals surface area contributed by atoms with Gasteiger partial charge in [0.15, 0.2) is 5.82 Å². The van der Waals surface area contributed by atoms with Gasteiger partial charge in [-0.2, -0.15) is 4.98 Å². The Morgan fingerprint density at radius 2 is 2.22 bits per heavy atom. The van der Waals surface area contributed by atoms with Gasteiger partial charge in [-0.15, -0.1) is 0 Å². The van der Waals surface area contributed by atoms with Crippen LogP contribution in [0.3, 0.4) is 0 Å². The first-order valence-corrected chi connectivity index (χ1v) is 7.57. The fraction of sp³-hybridized carbons (Fsp3) is 0.333. The molecule has 1 fully saturated rings. The molecule has 1 aromatic carbocycles. The van der Waals surface area contributed by atoms with Crippen molar-refractivity contribution in [3.63, 3.8) is 0 Å². The summed E-state index contributed by atoms with van der Waals surface area (Å²) in [6.45, 7) is 0. The molecule has 2 N–H and O–H groups in total. The summed E-state index contributed by atoms with van der Waals surface area (Å²) < 4.78 is 7.38. The smallest absolute Gasteiger partial charge is 0.259 e. The van der Waals surface area contributed by atoms with Gasteiger partial charge in [0.25, 0.3) is 5.89 Å². The normalized spacial score (nSPS) is 16.8. The van der Waals surface area contributed by atoms with Crippen LogP contribution in [-0.4, -0.2) is 10.1 Å². The van der Waals surface area contributed by atoms with E-state index in [1.54, 1.807) is 0 Å². The van der Waals surface area contributed by atoms with Crippen molar-refractivity contribution in [1.82, 2.24) is 10.1 Å². The molecule has 0 spiro atoms. The van der Waals surface area contributed by atoms with Crippen LogP contribution in [-0.2, 0) is 0 Å². The summed E-state index contributed by atoms with van der Waals surface area (Å²) in [4.78, 5) is 4.42. The van der Waals surface area contributed by atoms with Gasteiger partial charge in [0.05, 0.1) is 11.6 Å². The Morgan fingerprint density at radius 1 is 1.44 bits per heavy atom. The monoisotopic (exact) mass is 419 g/mol. The van der Waals surface area contributed by atoms with E-state index in [0.717, 1.165) is 13.6 Å². The first kappa shape index (κ1) is 12.6. The standard InChI is InChI=1S/C12H11BrIN3O/c13-7-3-4-9(14)8(5-7)12-16-11(17-18-12)10(15)6-1-2-6/h3-6,10H,1-2,15H2. The van der Waals surface area contributed by atoms with Gasteiger partial charge in [-0.1, -0.05) is 21.1 Å². The Labute approximate surface area is 127 Å². The molecule has 0 aliphatic heterocycles. The lowest BCUT2D eigenvalue weighted by molar-refractivity contribution is 0.411. The minimum absolute atomic E-state index is 0.0904. The minimum atomic E-state index is -0.0904. The molecule has 0 amide bonds. The Kier molecular flexibility index (Phi) is 3.42. The molecule has 94 valence electrons. The van der Waals surface area contributed by atoms with Crippen molar-refractivity contribution in [2.45, 2.75) is 18.9 Å². The lowest BCUT2D eigenvalue weighted by atomic mass is 10.2. The van der Waals surface area contributed by atoms with Gasteiger partial charge in [0, 0.05) is 8.04 Å². The van der Waals surface area contributed by atoms with Gasteiger partial charge in [0.2, 0.25) is 0 Å². The Hall–Kier alpha value is -0.470. The third-order valence-electron chi connectivity index (χ3n) is 3.03. The first-order chi connectivity index (χ1) is 8.65. The highest BCUT2D eigenvalue weighted by Crippen LogP contribution is 2.39. The van der Waals surface area contributed by atoms with Gasteiger partial charge in [-0.3, -0.25) is 0 Å². The number of benzene rings is 1. The first-order valence-electron chi connectivity index (χ1n) is 5.70. The maximum Gasteiger partial charge on any atom is 0.259 e. The van der Waals surface area contributed by atoms with E-state index in [0.29, 0.717) is 17.6 Å². The van der Waals surface area contributed by atoms with Crippen LogP contribution in [0.25, 0.3) is 11.5 Å². The van der Waals surface area contributed by atoms with Gasteiger partial charge in [0.1, 0.15) is 0 Å². The minimum Gasteiger partial charge on any atom is -0.334 e. The highest BCUT2D eigenvalue weighted by Gasteiger charge is 2.32. The Morgan fingerprint density at radius 3 is 2.94 bits per heavy atom. The second kappa shape index (κ2) is 4.90. The number of nitrogens with zero attached hydrogens (tertiary/aromatic N) is 2. The maximum absolute atomic E-state index is 6.06. The van der Waals surface area contributed by atoms with Crippen LogP contribution in [0.2, 0.25) is 0 Å². The van der Waals surface area contributed by atoms with Crippen molar-refractivity contribution in [2.24, 2.45) is 11.7 Å². The number of nitrogens with two attached hydrogens (primary N) is 1. The number of hydrogen-bond donors (Lipinski definition) is 1. The SMILES string of the molecule is NC(c1noc(-c2cc(Br)ccc2I)n1)C1CC1. The summed E-state index contributed by atoms with van der Waals surface area (Å²) in [5, 5.41) is 3.99. The van der Waals surface area contributed by atoms with E-state index < -0.39 is 0 Å². The van der Waals surface area contributed by atoms with Crippen LogP contribution in [0.1, 0.15) is 24.7 Å². The fourth-order valence-corrected chi connectivity index (χ4v) is 2.73. The molecule has 1 aliphatic carbocycles. The topological polar surface area (TPSA) is 64.9 Å². The molecule has 6 heteroatoms. The molecule has 0 saturated heterocycles. The lowest BCUT2D eigenvalue weighted by Crippen LogP contribution is -2.13. The molecule has 3 rings (SSSR count). The van der Waals surface area contributed by atoms with Crippen molar-refractivity contribution in [3.8, 4) is 11.5 Å². The van der Waals surface area contributed by atoms with Crippen LogP contribution in [0.5, 0.6) is 0 Å². The molecular weight excluding hydrogens is 409 g/mol. The highest BCUT2D eigenvalue weighted by atomic mass is 127. The van der Waals surface area contributed by atoms with E-state index in [2.05, 4.69) is 48.7 Å². The third-order valence-corrected chi connectivity index (χ3v) is 4.46. The molecular formula is C12H11BrIN3O. The van der Waals surface area contributed by atoms with Crippen LogP contribution in [0.15, 0.2) is 27.2 Å². The summed E-state index contributed by atoms with van der Waals surface area (Å²) in [6, 6.07) is 5.87. The van der Waals surface area contributed by atoms with E-state index >= 15 is 0 Å². The zero-order valence-corrected chi connectivity index (χ0v) is 13.2.